The molecule has 2 unspecified atom stereocenters. The third-order valence-corrected chi connectivity index (χ3v) is 4.45. The first kappa shape index (κ1) is 13.0. The number of nitrogens with zero attached hydrogens (tertiary/aromatic N) is 2. The molecule has 0 aliphatic heterocycles. The van der Waals surface area contributed by atoms with Crippen LogP contribution in [0.25, 0.3) is 11.0 Å². The fourth-order valence-corrected chi connectivity index (χ4v) is 3.57. The Kier molecular flexibility index (Phi) is 3.79. The average Bonchev–Trinajstić information content (AvgIpc) is 2.77. The van der Waals surface area contributed by atoms with Crippen LogP contribution in [-0.4, -0.2) is 15.4 Å². The van der Waals surface area contributed by atoms with E-state index in [4.69, 9.17) is 16.6 Å². The van der Waals surface area contributed by atoms with Gasteiger partial charge in [-0.15, -0.1) is 11.6 Å². The van der Waals surface area contributed by atoms with Crippen molar-refractivity contribution >= 4 is 22.6 Å². The molecule has 102 valence electrons. The van der Waals surface area contributed by atoms with E-state index in [1.54, 1.807) is 0 Å². The van der Waals surface area contributed by atoms with Crippen molar-refractivity contribution in [3.63, 3.8) is 0 Å². The molecule has 0 saturated heterocycles. The Bertz CT molecular complexity index is 561. The van der Waals surface area contributed by atoms with Gasteiger partial charge in [-0.2, -0.15) is 0 Å². The van der Waals surface area contributed by atoms with Crippen molar-refractivity contribution < 1.29 is 0 Å². The summed E-state index contributed by atoms with van der Waals surface area (Å²) in [5.74, 6) is 2.63. The topological polar surface area (TPSA) is 17.8 Å². The van der Waals surface area contributed by atoms with Gasteiger partial charge < -0.3 is 4.57 Å². The molecule has 0 radical (unpaired) electrons. The van der Waals surface area contributed by atoms with Crippen LogP contribution in [0.3, 0.4) is 0 Å². The minimum absolute atomic E-state index is 0.606. The van der Waals surface area contributed by atoms with Crippen molar-refractivity contribution in [2.75, 3.05) is 5.88 Å². The standard InChI is InChI=1S/C16H21ClN2/c1-12-5-4-6-13(11-12)19-15-8-3-2-7-14(15)18-16(19)9-10-17/h2-3,7-8,12-13H,4-6,9-11H2,1H3. The minimum Gasteiger partial charge on any atom is -0.325 e. The Balaban J connectivity index is 2.06. The molecule has 0 amide bonds. The molecule has 19 heavy (non-hydrogen) atoms. The number of halogens is 1. The molecule has 0 bridgehead atoms. The van der Waals surface area contributed by atoms with Crippen LogP contribution in [0, 0.1) is 5.92 Å². The summed E-state index contributed by atoms with van der Waals surface area (Å²) in [5, 5.41) is 0. The lowest BCUT2D eigenvalue weighted by Gasteiger charge is -2.29. The van der Waals surface area contributed by atoms with Crippen LogP contribution in [0.15, 0.2) is 24.3 Å². The van der Waals surface area contributed by atoms with E-state index in [-0.39, 0.29) is 0 Å². The second kappa shape index (κ2) is 5.54. The molecule has 3 rings (SSSR count). The van der Waals surface area contributed by atoms with Gasteiger partial charge in [0.25, 0.3) is 0 Å². The van der Waals surface area contributed by atoms with Gasteiger partial charge in [0.1, 0.15) is 5.82 Å². The van der Waals surface area contributed by atoms with E-state index < -0.39 is 0 Å². The Morgan fingerprint density at radius 2 is 2.16 bits per heavy atom. The quantitative estimate of drug-likeness (QED) is 0.751. The summed E-state index contributed by atoms with van der Waals surface area (Å²) in [6.07, 6.45) is 6.11. The number of hydrogen-bond acceptors (Lipinski definition) is 1. The summed E-state index contributed by atoms with van der Waals surface area (Å²) in [7, 11) is 0. The van der Waals surface area contributed by atoms with Crippen LogP contribution in [-0.2, 0) is 6.42 Å². The predicted octanol–water partition coefficient (Wildman–Crippen LogP) is 4.57. The molecule has 1 aliphatic carbocycles. The zero-order valence-corrected chi connectivity index (χ0v) is 12.2. The summed E-state index contributed by atoms with van der Waals surface area (Å²) in [6, 6.07) is 9.08. The van der Waals surface area contributed by atoms with Gasteiger partial charge in [-0.3, -0.25) is 0 Å². The summed E-state index contributed by atoms with van der Waals surface area (Å²) in [5.41, 5.74) is 2.39. The van der Waals surface area contributed by atoms with Crippen LogP contribution >= 0.6 is 11.6 Å². The van der Waals surface area contributed by atoms with E-state index in [2.05, 4.69) is 35.8 Å². The van der Waals surface area contributed by atoms with Crippen molar-refractivity contribution in [3.8, 4) is 0 Å². The third-order valence-electron chi connectivity index (χ3n) is 4.26. The van der Waals surface area contributed by atoms with Crippen LogP contribution in [0.1, 0.15) is 44.5 Å². The van der Waals surface area contributed by atoms with Gasteiger partial charge in [-0.05, 0) is 30.9 Å². The van der Waals surface area contributed by atoms with Crippen molar-refractivity contribution in [2.45, 2.75) is 45.1 Å². The molecular weight excluding hydrogens is 256 g/mol. The lowest BCUT2D eigenvalue weighted by atomic mass is 9.87. The van der Waals surface area contributed by atoms with Gasteiger partial charge >= 0.3 is 0 Å². The number of alkyl halides is 1. The summed E-state index contributed by atoms with van der Waals surface area (Å²) in [4.78, 5) is 4.78. The molecule has 2 atom stereocenters. The Labute approximate surface area is 119 Å². The smallest absolute Gasteiger partial charge is 0.111 e. The van der Waals surface area contributed by atoms with Crippen LogP contribution in [0.4, 0.5) is 0 Å². The molecule has 3 heteroatoms. The zero-order chi connectivity index (χ0) is 13.2. The lowest BCUT2D eigenvalue weighted by molar-refractivity contribution is 0.283. The first-order valence-corrected chi connectivity index (χ1v) is 7.85. The van der Waals surface area contributed by atoms with Crippen LogP contribution < -0.4 is 0 Å². The lowest BCUT2D eigenvalue weighted by Crippen LogP contribution is -2.19. The normalized spacial score (nSPS) is 23.9. The third kappa shape index (κ3) is 2.51. The van der Waals surface area contributed by atoms with Crippen LogP contribution in [0.5, 0.6) is 0 Å². The fourth-order valence-electron chi connectivity index (χ4n) is 3.40. The zero-order valence-electron chi connectivity index (χ0n) is 11.5. The molecule has 1 aliphatic rings. The molecule has 1 aromatic carbocycles. The second-order valence-corrected chi connectivity index (χ2v) is 6.13. The largest absolute Gasteiger partial charge is 0.325 e. The van der Waals surface area contributed by atoms with Gasteiger partial charge in [-0.1, -0.05) is 31.9 Å². The molecular formula is C16H21ClN2. The second-order valence-electron chi connectivity index (χ2n) is 5.75. The SMILES string of the molecule is CC1CCCC(n2c(CCCl)nc3ccccc32)C1. The maximum atomic E-state index is 5.95. The number of para-hydroxylation sites is 2. The van der Waals surface area contributed by atoms with Crippen molar-refractivity contribution in [1.29, 1.82) is 0 Å². The highest BCUT2D eigenvalue weighted by Gasteiger charge is 2.24. The van der Waals surface area contributed by atoms with Gasteiger partial charge in [0.2, 0.25) is 0 Å². The molecule has 1 saturated carbocycles. The molecule has 2 aromatic rings. The van der Waals surface area contributed by atoms with E-state index in [1.165, 1.54) is 31.2 Å². The average molecular weight is 277 g/mol. The van der Waals surface area contributed by atoms with E-state index >= 15 is 0 Å². The van der Waals surface area contributed by atoms with Crippen LogP contribution in [0.2, 0.25) is 0 Å². The number of aromatic nitrogens is 2. The Morgan fingerprint density at radius 1 is 1.32 bits per heavy atom. The minimum atomic E-state index is 0.606. The molecule has 1 heterocycles. The first-order chi connectivity index (χ1) is 9.29. The number of fused-ring (bicyclic) bond motifs is 1. The summed E-state index contributed by atoms with van der Waals surface area (Å²) >= 11 is 5.95. The number of hydrogen-bond donors (Lipinski definition) is 0. The molecule has 1 aromatic heterocycles. The summed E-state index contributed by atoms with van der Waals surface area (Å²) in [6.45, 7) is 2.37. The predicted molar refractivity (Wildman–Crippen MR) is 80.8 cm³/mol. The number of imidazole rings is 1. The monoisotopic (exact) mass is 276 g/mol. The van der Waals surface area contributed by atoms with E-state index in [0.717, 1.165) is 23.7 Å². The Morgan fingerprint density at radius 3 is 2.95 bits per heavy atom. The van der Waals surface area contributed by atoms with Gasteiger partial charge in [0.05, 0.1) is 11.0 Å². The van der Waals surface area contributed by atoms with Crippen molar-refractivity contribution in [2.24, 2.45) is 5.92 Å². The molecule has 1 fully saturated rings. The number of aryl methyl sites for hydroxylation is 1. The first-order valence-electron chi connectivity index (χ1n) is 7.31. The van der Waals surface area contributed by atoms with Gasteiger partial charge in [0, 0.05) is 18.3 Å². The fraction of sp³-hybridized carbons (Fsp3) is 0.562. The number of benzene rings is 1. The van der Waals surface area contributed by atoms with Gasteiger partial charge in [0.15, 0.2) is 0 Å². The summed E-state index contributed by atoms with van der Waals surface area (Å²) < 4.78 is 2.47. The molecule has 0 spiro atoms. The van der Waals surface area contributed by atoms with E-state index in [0.29, 0.717) is 11.9 Å². The highest BCUT2D eigenvalue weighted by molar-refractivity contribution is 6.17. The highest BCUT2D eigenvalue weighted by Crippen LogP contribution is 2.35. The highest BCUT2D eigenvalue weighted by atomic mass is 35.5. The van der Waals surface area contributed by atoms with Crippen molar-refractivity contribution in [3.05, 3.63) is 30.1 Å². The van der Waals surface area contributed by atoms with E-state index in [1.807, 2.05) is 0 Å². The van der Waals surface area contributed by atoms with Gasteiger partial charge in [-0.25, -0.2) is 4.98 Å². The van der Waals surface area contributed by atoms with Crippen molar-refractivity contribution in [1.82, 2.24) is 9.55 Å². The molecule has 0 N–H and O–H groups in total. The Hall–Kier alpha value is -1.02. The maximum Gasteiger partial charge on any atom is 0.111 e. The maximum absolute atomic E-state index is 5.95. The number of rotatable bonds is 3. The van der Waals surface area contributed by atoms with E-state index in [9.17, 15) is 0 Å². The molecule has 2 nitrogen and oxygen atoms in total.